The van der Waals surface area contributed by atoms with E-state index in [-0.39, 0.29) is 68.2 Å². The Bertz CT molecular complexity index is 3020. The lowest BCUT2D eigenvalue weighted by molar-refractivity contribution is -0.166. The third-order valence-corrected chi connectivity index (χ3v) is 15.8. The van der Waals surface area contributed by atoms with Crippen LogP contribution < -0.4 is 10.6 Å². The number of piperidine rings is 1. The van der Waals surface area contributed by atoms with Gasteiger partial charge in [-0.2, -0.15) is 0 Å². The van der Waals surface area contributed by atoms with E-state index in [0.29, 0.717) is 27.3 Å². The first-order valence-electron chi connectivity index (χ1n) is 23.2. The largest absolute Gasteiger partial charge is 0.481 e. The summed E-state index contributed by atoms with van der Waals surface area (Å²) in [7, 11) is 0. The number of nitrogens with zero attached hydrogens (tertiary/aromatic N) is 7. The maximum absolute atomic E-state index is 14.6. The zero-order valence-electron chi connectivity index (χ0n) is 38.9. The Kier molecular flexibility index (Phi) is 13.4. The molecule has 1 aliphatic carbocycles. The molecule has 1 saturated carbocycles. The summed E-state index contributed by atoms with van der Waals surface area (Å²) in [5, 5.41) is 58.4. The fraction of sp³-hybridized carbons (Fsp3) is 0.417. The monoisotopic (exact) mass is 1030 g/mol. The Morgan fingerprint density at radius 1 is 0.806 bits per heavy atom. The lowest BCUT2D eigenvalue weighted by atomic mass is 9.70. The van der Waals surface area contributed by atoms with Gasteiger partial charge in [-0.3, -0.25) is 62.9 Å². The first-order chi connectivity index (χ1) is 34.2. The number of carbonyl (C=O) groups is 9. The van der Waals surface area contributed by atoms with Gasteiger partial charge < -0.3 is 35.5 Å². The number of piperazine rings is 1. The van der Waals surface area contributed by atoms with Crippen LogP contribution in [0.5, 0.6) is 0 Å². The summed E-state index contributed by atoms with van der Waals surface area (Å²) in [4.78, 5) is 131. The number of aliphatic carboxylic acids is 2. The van der Waals surface area contributed by atoms with Gasteiger partial charge in [-0.25, -0.2) is 0 Å². The number of carboxylic acid groups (broad SMARTS) is 2. The highest BCUT2D eigenvalue weighted by Crippen LogP contribution is 2.40. The van der Waals surface area contributed by atoms with Crippen molar-refractivity contribution in [2.75, 3.05) is 31.5 Å². The summed E-state index contributed by atoms with van der Waals surface area (Å²) < 4.78 is 1.93. The van der Waals surface area contributed by atoms with Crippen LogP contribution >= 0.6 is 22.9 Å². The maximum Gasteiger partial charge on any atom is 0.310 e. The lowest BCUT2D eigenvalue weighted by Gasteiger charge is -2.41. The Morgan fingerprint density at radius 3 is 2.14 bits per heavy atom. The van der Waals surface area contributed by atoms with Crippen LogP contribution in [-0.2, 0) is 40.0 Å². The second-order valence-corrected chi connectivity index (χ2v) is 20.2. The molecule has 4 aromatic rings. The Balaban J connectivity index is 0.950. The third-order valence-electron chi connectivity index (χ3n) is 14.3. The van der Waals surface area contributed by atoms with Crippen LogP contribution in [-0.4, -0.2) is 159 Å². The second kappa shape index (κ2) is 19.4. The van der Waals surface area contributed by atoms with E-state index >= 15 is 0 Å². The third kappa shape index (κ3) is 8.83. The number of carboxylic acids is 2. The van der Waals surface area contributed by atoms with Gasteiger partial charge in [0.05, 0.1) is 58.4 Å². The van der Waals surface area contributed by atoms with Gasteiger partial charge in [0.2, 0.25) is 29.5 Å². The molecule has 9 rings (SSSR count). The average molecular weight is 1030 g/mol. The van der Waals surface area contributed by atoms with E-state index in [1.165, 1.54) is 23.1 Å². The number of halogens is 1. The summed E-state index contributed by atoms with van der Waals surface area (Å²) in [6.07, 6.45) is -5.96. The molecule has 5 aliphatic rings. The highest BCUT2D eigenvalue weighted by atomic mass is 35.5. The molecule has 2 saturated heterocycles. The molecule has 22 nitrogen and oxygen atoms in total. The van der Waals surface area contributed by atoms with E-state index in [4.69, 9.17) is 16.6 Å². The number of nitrogens with one attached hydrogen (secondary N) is 2. The van der Waals surface area contributed by atoms with Gasteiger partial charge in [0.1, 0.15) is 28.7 Å². The number of aryl methyl sites for hydroxylation is 2. The van der Waals surface area contributed by atoms with E-state index in [1.807, 2.05) is 37.5 Å². The molecule has 376 valence electrons. The molecule has 3 fully saturated rings. The lowest BCUT2D eigenvalue weighted by Crippen LogP contribution is -2.56. The maximum atomic E-state index is 14.6. The minimum atomic E-state index is -2.19. The standard InChI is InChI=1S/C48H48ClN9O13S/c1-20-21(2)72-46-35(20)38(23-7-9-24(49)10-8-23)50-30(19-33-54-53-22(3)57(33)46)44(66)56-15-13-55(14-16-56)42(64)26-18-32(59)39(61)37(48(70)71)28(17-27(26)47(68)69)40(62)51-29-6-4-5-25-36(29)45(67)58(43(25)65)31-11-12-34(60)52-41(31)63/h4-10,26-28,30-32,37,39,59,61H,11-19H2,1-3H3,(H,51,62)(H,68,69)(H,70,71)(H,52,60,63)/t26?,27?,28?,30?,31?,32-,37?,39?/m0/s1. The molecule has 2 aromatic carbocycles. The molecule has 72 heavy (non-hydrogen) atoms. The van der Waals surface area contributed by atoms with Crippen LogP contribution in [0.1, 0.15) is 79.6 Å². The van der Waals surface area contributed by atoms with Gasteiger partial charge >= 0.3 is 11.9 Å². The molecule has 0 radical (unpaired) electrons. The van der Waals surface area contributed by atoms with Gasteiger partial charge in [-0.05, 0) is 69.9 Å². The molecule has 0 spiro atoms. The number of rotatable bonds is 8. The van der Waals surface area contributed by atoms with Crippen LogP contribution in [0, 0.1) is 44.4 Å². The minimum absolute atomic E-state index is 0.00816. The predicted octanol–water partition coefficient (Wildman–Crippen LogP) is 1.53. The molecule has 7 unspecified atom stereocenters. The highest BCUT2D eigenvalue weighted by Gasteiger charge is 2.52. The van der Waals surface area contributed by atoms with Crippen LogP contribution in [0.2, 0.25) is 5.02 Å². The molecule has 0 bridgehead atoms. The van der Waals surface area contributed by atoms with Crippen molar-refractivity contribution in [2.24, 2.45) is 28.7 Å². The number of carbonyl (C=O) groups excluding carboxylic acids is 7. The number of benzene rings is 2. The number of anilines is 1. The van der Waals surface area contributed by atoms with E-state index in [0.717, 1.165) is 26.6 Å². The van der Waals surface area contributed by atoms with Crippen molar-refractivity contribution in [3.8, 4) is 5.00 Å². The number of aliphatic hydroxyl groups is 2. The molecule has 6 heterocycles. The fourth-order valence-electron chi connectivity index (χ4n) is 10.5. The molecular weight excluding hydrogens is 978 g/mol. The molecule has 6 N–H and O–H groups in total. The van der Waals surface area contributed by atoms with E-state index in [1.54, 1.807) is 28.4 Å². The smallest absolute Gasteiger partial charge is 0.310 e. The molecule has 24 heteroatoms. The van der Waals surface area contributed by atoms with Crippen molar-refractivity contribution in [1.82, 2.24) is 34.8 Å². The first kappa shape index (κ1) is 49.8. The summed E-state index contributed by atoms with van der Waals surface area (Å²) >= 11 is 7.84. The number of hydrogen-bond donors (Lipinski definition) is 6. The molecule has 4 aliphatic heterocycles. The van der Waals surface area contributed by atoms with Crippen LogP contribution in [0.3, 0.4) is 0 Å². The van der Waals surface area contributed by atoms with Gasteiger partial charge in [-0.1, -0.05) is 29.8 Å². The van der Waals surface area contributed by atoms with Crippen molar-refractivity contribution in [2.45, 2.75) is 77.2 Å². The quantitative estimate of drug-likeness (QED) is 0.136. The fourth-order valence-corrected chi connectivity index (χ4v) is 11.8. The topological polar surface area (TPSA) is 311 Å². The van der Waals surface area contributed by atoms with Crippen molar-refractivity contribution in [3.05, 3.63) is 91.8 Å². The number of imide groups is 2. The Morgan fingerprint density at radius 2 is 1.49 bits per heavy atom. The number of hydrogen-bond acceptors (Lipinski definition) is 15. The Hall–Kier alpha value is -7.21. The van der Waals surface area contributed by atoms with Crippen molar-refractivity contribution in [1.29, 1.82) is 0 Å². The van der Waals surface area contributed by atoms with E-state index in [2.05, 4.69) is 20.8 Å². The minimum Gasteiger partial charge on any atom is -0.481 e. The van der Waals surface area contributed by atoms with Gasteiger partial charge in [0.25, 0.3) is 11.8 Å². The van der Waals surface area contributed by atoms with Gasteiger partial charge in [-0.15, -0.1) is 21.5 Å². The van der Waals surface area contributed by atoms with E-state index in [9.17, 15) is 63.6 Å². The summed E-state index contributed by atoms with van der Waals surface area (Å²) in [5.74, 6) is -15.4. The Labute approximate surface area is 418 Å². The summed E-state index contributed by atoms with van der Waals surface area (Å²) in [5.41, 5.74) is 2.21. The summed E-state index contributed by atoms with van der Waals surface area (Å²) in [6.45, 7) is 5.62. The SMILES string of the molecule is Cc1sc2c(c1C)C(c1ccc(Cl)cc1)=NC(C(=O)N1CCN(C(=O)C3C[C@H](O)C(O)C(C(=O)O)C(C(=O)Nc4cccc5c4C(=O)N(C4CCC(=O)NC4=O)C5=O)CC3C(=O)O)CC1)Cc1nnc(C)n1-2. The predicted molar refractivity (Wildman–Crippen MR) is 253 cm³/mol. The average Bonchev–Trinajstić information content (AvgIpc) is 3.93. The van der Waals surface area contributed by atoms with Crippen LogP contribution in [0.4, 0.5) is 5.69 Å². The van der Waals surface area contributed by atoms with Gasteiger partial charge in [0.15, 0.2) is 0 Å². The van der Waals surface area contributed by atoms with Crippen LogP contribution in [0.25, 0.3) is 5.00 Å². The van der Waals surface area contributed by atoms with Crippen molar-refractivity contribution < 1.29 is 63.6 Å². The van der Waals surface area contributed by atoms with Gasteiger partial charge in [0, 0.05) is 60.0 Å². The highest BCUT2D eigenvalue weighted by molar-refractivity contribution is 7.15. The van der Waals surface area contributed by atoms with Crippen molar-refractivity contribution in [3.63, 3.8) is 0 Å². The first-order valence-corrected chi connectivity index (χ1v) is 24.3. The summed E-state index contributed by atoms with van der Waals surface area (Å²) in [6, 6.07) is 8.59. The zero-order chi connectivity index (χ0) is 51.6. The number of aromatic nitrogens is 3. The molecule has 7 amide bonds. The number of fused-ring (bicyclic) bond motifs is 4. The van der Waals surface area contributed by atoms with Crippen LogP contribution in [0.15, 0.2) is 47.5 Å². The number of amides is 7. The zero-order valence-corrected chi connectivity index (χ0v) is 40.5. The molecule has 8 atom stereocenters. The normalized spacial score (nSPS) is 25.5. The second-order valence-electron chi connectivity index (χ2n) is 18.5. The molecular formula is C48H48ClN9O13S. The number of aliphatic imine (C=N–C) groups is 1. The van der Waals surface area contributed by atoms with Crippen molar-refractivity contribution >= 4 is 87.6 Å². The number of aliphatic hydroxyl groups excluding tert-OH is 2. The number of thiophene rings is 1. The molecule has 2 aromatic heterocycles. The van der Waals surface area contributed by atoms with E-state index < -0.39 is 108 Å².